The monoisotopic (exact) mass is 792 g/mol. The lowest BCUT2D eigenvalue weighted by atomic mass is 9.46. The third-order valence-electron chi connectivity index (χ3n) is 12.3. The van der Waals surface area contributed by atoms with E-state index >= 15 is 0 Å². The van der Waals surface area contributed by atoms with E-state index in [1.165, 1.54) is 18.2 Å². The molecule has 2 amide bonds. The van der Waals surface area contributed by atoms with Crippen LogP contribution in [0.4, 0.5) is 13.2 Å². The lowest BCUT2D eigenvalue weighted by molar-refractivity contribution is -0.182. The Morgan fingerprint density at radius 3 is 2.40 bits per heavy atom. The number of nitrogens with one attached hydrogen (secondary N) is 2. The Kier molecular flexibility index (Phi) is 12.6. The van der Waals surface area contributed by atoms with E-state index in [2.05, 4.69) is 31.1 Å². The molecule has 1 heterocycles. The number of carbonyl (C=O) groups excluding carboxylic acids is 2. The van der Waals surface area contributed by atoms with Crippen molar-refractivity contribution in [3.8, 4) is 16.9 Å². The Hall–Kier alpha value is -4.27. The number of hydroxylamine groups is 2. The zero-order valence-corrected chi connectivity index (χ0v) is 33.5. The van der Waals surface area contributed by atoms with Crippen LogP contribution in [0, 0.1) is 23.2 Å². The van der Waals surface area contributed by atoms with E-state index in [1.54, 1.807) is 25.1 Å². The summed E-state index contributed by atoms with van der Waals surface area (Å²) >= 11 is 0. The molecule has 57 heavy (non-hydrogen) atoms. The topological polar surface area (TPSA) is 124 Å². The van der Waals surface area contributed by atoms with Crippen molar-refractivity contribution in [1.82, 2.24) is 20.6 Å². The summed E-state index contributed by atoms with van der Waals surface area (Å²) in [7, 11) is 5.11. The number of nitrogens with zero attached hydrogens (tertiary/aromatic N) is 2. The van der Waals surface area contributed by atoms with Crippen molar-refractivity contribution in [3.63, 3.8) is 0 Å². The summed E-state index contributed by atoms with van der Waals surface area (Å²) in [6.07, 6.45) is -4.43. The van der Waals surface area contributed by atoms with E-state index in [9.17, 15) is 33.0 Å². The van der Waals surface area contributed by atoms with Crippen LogP contribution < -0.4 is 15.4 Å². The number of aliphatic hydroxyl groups is 2. The van der Waals surface area contributed by atoms with Crippen molar-refractivity contribution < 1.29 is 42.5 Å². The Labute approximate surface area is 333 Å². The van der Waals surface area contributed by atoms with Gasteiger partial charge in [0.05, 0.1) is 38.0 Å². The molecule has 4 aliphatic rings. The van der Waals surface area contributed by atoms with Gasteiger partial charge in [-0.05, 0) is 86.9 Å². The normalized spacial score (nSPS) is 25.4. The van der Waals surface area contributed by atoms with Crippen LogP contribution in [0.1, 0.15) is 60.7 Å². The SMILES string of the molecule is C=C1[C@@H](NC(=O)[C@@H]2[C@H]([C@H](C)O)[C@H](CO)ON2Cc2cccc(-c3cc(C(=O)N[C@@H](Cc4ccccc4)CN(C)C)cc(C(F)(F)F)c3)c2OC)C[C@H]2C[C@@H]1C2(C)C. The first-order valence-corrected chi connectivity index (χ1v) is 19.5. The van der Waals surface area contributed by atoms with Gasteiger partial charge in [-0.3, -0.25) is 14.4 Å². The standard InChI is InChI=1S/C44H55F3N4O6/c1-25-35-20-31(43(35,3)4)21-36(25)49-42(55)39-38(26(2)53)37(24-52)57-51(39)22-28-14-11-15-34(40(28)56-7)29-17-30(19-32(18-29)44(45,46)47)41(54)48-33(23-50(5)6)16-27-12-9-8-10-13-27/h8-15,17-19,26,31,33,35-39,52-53H,1,16,20-24H2,2-7H3,(H,48,54)(H,49,55)/t26-,31+,33-,35-,36-,37-,38+,39-/m0/s1. The maximum Gasteiger partial charge on any atom is 0.416 e. The van der Waals surface area contributed by atoms with Crippen LogP contribution >= 0.6 is 0 Å². The van der Waals surface area contributed by atoms with Gasteiger partial charge in [-0.25, -0.2) is 0 Å². The highest BCUT2D eigenvalue weighted by atomic mass is 19.4. The number of halogens is 3. The van der Waals surface area contributed by atoms with Crippen LogP contribution in [-0.4, -0.2) is 96.7 Å². The fourth-order valence-electron chi connectivity index (χ4n) is 9.20. The molecule has 7 rings (SSSR count). The molecule has 2 bridgehead atoms. The third kappa shape index (κ3) is 8.92. The highest BCUT2D eigenvalue weighted by Gasteiger charge is 2.56. The van der Waals surface area contributed by atoms with Gasteiger partial charge < -0.3 is 30.5 Å². The largest absolute Gasteiger partial charge is 0.496 e. The number of aliphatic hydroxyl groups excluding tert-OH is 2. The fourth-order valence-corrected chi connectivity index (χ4v) is 9.20. The van der Waals surface area contributed by atoms with Gasteiger partial charge in [0, 0.05) is 35.2 Å². The number of fused-ring (bicyclic) bond motifs is 2. The van der Waals surface area contributed by atoms with Gasteiger partial charge in [-0.1, -0.05) is 74.5 Å². The van der Waals surface area contributed by atoms with Gasteiger partial charge in [0.1, 0.15) is 17.9 Å². The van der Waals surface area contributed by atoms with E-state index in [-0.39, 0.29) is 46.3 Å². The summed E-state index contributed by atoms with van der Waals surface area (Å²) in [6.45, 7) is 10.3. The number of para-hydroxylation sites is 1. The van der Waals surface area contributed by atoms with E-state index in [0.717, 1.165) is 36.1 Å². The highest BCUT2D eigenvalue weighted by Crippen LogP contribution is 2.60. The van der Waals surface area contributed by atoms with Crippen LogP contribution in [0.3, 0.4) is 0 Å². The molecule has 0 unspecified atom stereocenters. The van der Waals surface area contributed by atoms with Gasteiger partial charge in [0.15, 0.2) is 0 Å². The van der Waals surface area contributed by atoms with Crippen LogP contribution in [-0.2, 0) is 28.8 Å². The van der Waals surface area contributed by atoms with E-state index in [0.29, 0.717) is 30.4 Å². The maximum absolute atomic E-state index is 14.4. The molecular formula is C44H55F3N4O6. The molecule has 3 saturated carbocycles. The first kappa shape index (κ1) is 42.3. The van der Waals surface area contributed by atoms with Crippen LogP contribution in [0.2, 0.25) is 0 Å². The molecule has 0 radical (unpaired) electrons. The van der Waals surface area contributed by atoms with E-state index < -0.39 is 54.5 Å². The molecule has 3 aromatic rings. The van der Waals surface area contributed by atoms with E-state index in [4.69, 9.17) is 9.57 Å². The number of amides is 2. The number of hydrogen-bond donors (Lipinski definition) is 4. The number of methoxy groups -OCH3 is 1. The van der Waals surface area contributed by atoms with Gasteiger partial charge in [0.25, 0.3) is 5.91 Å². The van der Waals surface area contributed by atoms with Crippen molar-refractivity contribution >= 4 is 11.8 Å². The number of hydrogen-bond acceptors (Lipinski definition) is 8. The van der Waals surface area contributed by atoms with Crippen LogP contribution in [0.15, 0.2) is 78.9 Å². The zero-order chi connectivity index (χ0) is 41.4. The second-order valence-electron chi connectivity index (χ2n) is 16.8. The molecule has 13 heteroatoms. The lowest BCUT2D eigenvalue weighted by Crippen LogP contribution is -2.59. The molecule has 308 valence electrons. The molecule has 4 N–H and O–H groups in total. The van der Waals surface area contributed by atoms with Gasteiger partial charge >= 0.3 is 6.18 Å². The van der Waals surface area contributed by atoms with Crippen molar-refractivity contribution in [2.75, 3.05) is 34.4 Å². The van der Waals surface area contributed by atoms with Crippen molar-refractivity contribution in [2.45, 2.75) is 83.1 Å². The second-order valence-corrected chi connectivity index (χ2v) is 16.8. The molecule has 4 fully saturated rings. The number of rotatable bonds is 14. The first-order valence-electron chi connectivity index (χ1n) is 19.5. The molecule has 1 aliphatic heterocycles. The summed E-state index contributed by atoms with van der Waals surface area (Å²) in [5.74, 6) is -0.890. The first-order chi connectivity index (χ1) is 26.9. The number of alkyl halides is 3. The molecule has 0 spiro atoms. The summed E-state index contributed by atoms with van der Waals surface area (Å²) < 4.78 is 49.2. The average molecular weight is 793 g/mol. The predicted octanol–water partition coefficient (Wildman–Crippen LogP) is 5.86. The van der Waals surface area contributed by atoms with Crippen molar-refractivity contribution in [2.24, 2.45) is 23.2 Å². The van der Waals surface area contributed by atoms with Crippen LogP contribution in [0.5, 0.6) is 5.75 Å². The molecule has 0 aromatic heterocycles. The van der Waals surface area contributed by atoms with Crippen molar-refractivity contribution in [1.29, 1.82) is 0 Å². The number of carbonyl (C=O) groups is 2. The molecule has 3 aromatic carbocycles. The quantitative estimate of drug-likeness (QED) is 0.150. The zero-order valence-electron chi connectivity index (χ0n) is 33.5. The number of ether oxygens (including phenoxy) is 1. The Bertz CT molecular complexity index is 1940. The Balaban J connectivity index is 1.30. The Morgan fingerprint density at radius 1 is 1.09 bits per heavy atom. The predicted molar refractivity (Wildman–Crippen MR) is 211 cm³/mol. The smallest absolute Gasteiger partial charge is 0.416 e. The summed E-state index contributed by atoms with van der Waals surface area (Å²) in [5, 5.41) is 28.7. The second kappa shape index (κ2) is 16.9. The Morgan fingerprint density at radius 2 is 1.81 bits per heavy atom. The summed E-state index contributed by atoms with van der Waals surface area (Å²) in [6, 6.07) is 16.1. The molecule has 1 saturated heterocycles. The summed E-state index contributed by atoms with van der Waals surface area (Å²) in [5.41, 5.74) is 1.76. The minimum Gasteiger partial charge on any atom is -0.496 e. The average Bonchev–Trinajstić information content (AvgIpc) is 3.53. The third-order valence-corrected chi connectivity index (χ3v) is 12.3. The van der Waals surface area contributed by atoms with Gasteiger partial charge in [0.2, 0.25) is 5.91 Å². The minimum absolute atomic E-state index is 0.0727. The summed E-state index contributed by atoms with van der Waals surface area (Å²) in [4.78, 5) is 36.0. The van der Waals surface area contributed by atoms with Crippen LogP contribution in [0.25, 0.3) is 11.1 Å². The number of likely N-dealkylation sites (N-methyl/N-ethyl adjacent to an activating group) is 1. The molecule has 10 nitrogen and oxygen atoms in total. The van der Waals surface area contributed by atoms with E-state index in [1.807, 2.05) is 49.3 Å². The molecule has 3 aliphatic carbocycles. The fraction of sp³-hybridized carbons (Fsp3) is 0.500. The van der Waals surface area contributed by atoms with Gasteiger partial charge in [-0.15, -0.1) is 0 Å². The van der Waals surface area contributed by atoms with Gasteiger partial charge in [-0.2, -0.15) is 18.2 Å². The highest BCUT2D eigenvalue weighted by molar-refractivity contribution is 5.96. The maximum atomic E-state index is 14.4. The lowest BCUT2D eigenvalue weighted by Gasteiger charge is -2.60. The number of benzene rings is 3. The molecule has 8 atom stereocenters. The molecular weight excluding hydrogens is 738 g/mol. The minimum atomic E-state index is -4.76. The van der Waals surface area contributed by atoms with Crippen molar-refractivity contribution in [3.05, 3.63) is 101 Å².